The lowest BCUT2D eigenvalue weighted by atomic mass is 10.2. The summed E-state index contributed by atoms with van der Waals surface area (Å²) < 4.78 is 5.57. The van der Waals surface area contributed by atoms with E-state index in [-0.39, 0.29) is 5.91 Å². The van der Waals surface area contributed by atoms with E-state index in [0.717, 1.165) is 35.9 Å². The van der Waals surface area contributed by atoms with Crippen LogP contribution in [0.3, 0.4) is 0 Å². The number of nitrogens with one attached hydrogen (secondary N) is 1. The van der Waals surface area contributed by atoms with Gasteiger partial charge in [0.15, 0.2) is 5.76 Å². The van der Waals surface area contributed by atoms with Crippen molar-refractivity contribution in [2.45, 2.75) is 19.3 Å². The number of amides is 1. The van der Waals surface area contributed by atoms with Crippen LogP contribution in [0.5, 0.6) is 0 Å². The Morgan fingerprint density at radius 1 is 1.19 bits per heavy atom. The van der Waals surface area contributed by atoms with Gasteiger partial charge >= 0.3 is 0 Å². The Morgan fingerprint density at radius 2 is 2.10 bits per heavy atom. The molecular weight excluding hydrogens is 266 g/mol. The Hall–Kier alpha value is -2.69. The molecule has 0 saturated carbocycles. The van der Waals surface area contributed by atoms with Crippen molar-refractivity contribution >= 4 is 22.7 Å². The number of nitrogens with zero attached hydrogens (tertiary/aromatic N) is 2. The number of fused-ring (bicyclic) bond motifs is 2. The van der Waals surface area contributed by atoms with Crippen molar-refractivity contribution in [2.75, 3.05) is 5.32 Å². The summed E-state index contributed by atoms with van der Waals surface area (Å²) in [7, 11) is 0. The van der Waals surface area contributed by atoms with Crippen molar-refractivity contribution in [3.63, 3.8) is 0 Å². The molecule has 1 N–H and O–H groups in total. The minimum Gasteiger partial charge on any atom is -0.451 e. The quantitative estimate of drug-likeness (QED) is 0.783. The molecule has 104 valence electrons. The van der Waals surface area contributed by atoms with Crippen LogP contribution in [0.15, 0.2) is 41.1 Å². The second kappa shape index (κ2) is 4.70. The summed E-state index contributed by atoms with van der Waals surface area (Å²) in [6.45, 7) is 0. The van der Waals surface area contributed by atoms with Crippen LogP contribution < -0.4 is 5.32 Å². The number of rotatable bonds is 2. The van der Waals surface area contributed by atoms with Gasteiger partial charge < -0.3 is 9.73 Å². The van der Waals surface area contributed by atoms with Gasteiger partial charge in [-0.15, -0.1) is 0 Å². The van der Waals surface area contributed by atoms with Crippen LogP contribution in [0.2, 0.25) is 0 Å². The van der Waals surface area contributed by atoms with Gasteiger partial charge in [0.1, 0.15) is 17.7 Å². The Kier molecular flexibility index (Phi) is 2.70. The van der Waals surface area contributed by atoms with Crippen LogP contribution in [-0.2, 0) is 12.8 Å². The highest BCUT2D eigenvalue weighted by atomic mass is 16.3. The fraction of sp³-hybridized carbons (Fsp3) is 0.188. The summed E-state index contributed by atoms with van der Waals surface area (Å²) >= 11 is 0. The van der Waals surface area contributed by atoms with E-state index in [4.69, 9.17) is 4.42 Å². The van der Waals surface area contributed by atoms with Crippen molar-refractivity contribution in [1.82, 2.24) is 9.97 Å². The van der Waals surface area contributed by atoms with E-state index >= 15 is 0 Å². The molecule has 0 saturated heterocycles. The van der Waals surface area contributed by atoms with Crippen LogP contribution in [0, 0.1) is 0 Å². The first kappa shape index (κ1) is 12.1. The molecule has 3 aromatic rings. The summed E-state index contributed by atoms with van der Waals surface area (Å²) in [5.74, 6) is 0.614. The number of hydrogen-bond acceptors (Lipinski definition) is 4. The lowest BCUT2D eigenvalue weighted by molar-refractivity contribution is 0.0998. The number of benzene rings is 1. The number of anilines is 1. The number of aryl methyl sites for hydroxylation is 1. The molecule has 5 heteroatoms. The van der Waals surface area contributed by atoms with Crippen LogP contribution in [-0.4, -0.2) is 15.9 Å². The largest absolute Gasteiger partial charge is 0.451 e. The highest BCUT2D eigenvalue weighted by molar-refractivity contribution is 6.04. The molecule has 21 heavy (non-hydrogen) atoms. The standard InChI is InChI=1S/C16H13N3O2/c20-16(14-8-10-4-1-2-7-13(10)21-14)19-15-11-5-3-6-12(11)17-9-18-15/h1-2,4,7-9H,3,5-6H2,(H,17,18,19,20). The molecule has 2 heterocycles. The molecule has 1 amide bonds. The lowest BCUT2D eigenvalue weighted by Crippen LogP contribution is -2.14. The van der Waals surface area contributed by atoms with Crippen molar-refractivity contribution in [1.29, 1.82) is 0 Å². The van der Waals surface area contributed by atoms with Gasteiger partial charge in [-0.3, -0.25) is 4.79 Å². The summed E-state index contributed by atoms with van der Waals surface area (Å²) in [5.41, 5.74) is 2.78. The van der Waals surface area contributed by atoms with E-state index < -0.39 is 0 Å². The molecule has 0 fully saturated rings. The molecule has 0 bridgehead atoms. The first-order valence-corrected chi connectivity index (χ1v) is 6.94. The maximum absolute atomic E-state index is 12.3. The summed E-state index contributed by atoms with van der Waals surface area (Å²) in [6.07, 6.45) is 4.41. The predicted molar refractivity (Wildman–Crippen MR) is 78.2 cm³/mol. The third-order valence-electron chi connectivity index (χ3n) is 3.76. The zero-order valence-corrected chi connectivity index (χ0v) is 11.3. The van der Waals surface area contributed by atoms with Gasteiger partial charge in [0.25, 0.3) is 5.91 Å². The van der Waals surface area contributed by atoms with E-state index in [9.17, 15) is 4.79 Å². The van der Waals surface area contributed by atoms with Crippen molar-refractivity contribution in [2.24, 2.45) is 0 Å². The van der Waals surface area contributed by atoms with Gasteiger partial charge in [0, 0.05) is 16.6 Å². The van der Waals surface area contributed by atoms with Crippen molar-refractivity contribution < 1.29 is 9.21 Å². The van der Waals surface area contributed by atoms with Crippen LogP contribution in [0.25, 0.3) is 11.0 Å². The molecule has 2 aromatic heterocycles. The minimum atomic E-state index is -0.279. The van der Waals surface area contributed by atoms with Crippen molar-refractivity contribution in [3.8, 4) is 0 Å². The molecule has 1 aromatic carbocycles. The minimum absolute atomic E-state index is 0.279. The number of carbonyl (C=O) groups excluding carboxylic acids is 1. The molecule has 0 spiro atoms. The van der Waals surface area contributed by atoms with E-state index in [1.807, 2.05) is 24.3 Å². The van der Waals surface area contributed by atoms with E-state index in [0.29, 0.717) is 17.2 Å². The average molecular weight is 279 g/mol. The normalized spacial score (nSPS) is 13.3. The van der Waals surface area contributed by atoms with Crippen LogP contribution in [0.4, 0.5) is 5.82 Å². The highest BCUT2D eigenvalue weighted by Crippen LogP contribution is 2.26. The van der Waals surface area contributed by atoms with Gasteiger partial charge in [-0.05, 0) is 31.4 Å². The second-order valence-electron chi connectivity index (χ2n) is 5.10. The van der Waals surface area contributed by atoms with Gasteiger partial charge in [0.05, 0.1) is 0 Å². The molecule has 5 nitrogen and oxygen atoms in total. The number of furan rings is 1. The molecule has 4 rings (SSSR count). The number of aromatic nitrogens is 2. The molecule has 1 aliphatic rings. The average Bonchev–Trinajstić information content (AvgIpc) is 3.14. The van der Waals surface area contributed by atoms with Gasteiger partial charge in [-0.1, -0.05) is 18.2 Å². The maximum atomic E-state index is 12.3. The predicted octanol–water partition coefficient (Wildman–Crippen LogP) is 2.96. The monoisotopic (exact) mass is 279 g/mol. The van der Waals surface area contributed by atoms with E-state index in [2.05, 4.69) is 15.3 Å². The fourth-order valence-electron chi connectivity index (χ4n) is 2.73. The molecular formula is C16H13N3O2. The molecule has 0 atom stereocenters. The Labute approximate surface area is 121 Å². The zero-order valence-electron chi connectivity index (χ0n) is 11.3. The molecule has 1 aliphatic carbocycles. The van der Waals surface area contributed by atoms with Gasteiger partial charge in [-0.2, -0.15) is 0 Å². The Morgan fingerprint density at radius 3 is 3.00 bits per heavy atom. The number of para-hydroxylation sites is 1. The zero-order chi connectivity index (χ0) is 14.2. The SMILES string of the molecule is O=C(Nc1ncnc2c1CCC2)c1cc2ccccc2o1. The summed E-state index contributed by atoms with van der Waals surface area (Å²) in [5, 5.41) is 3.75. The van der Waals surface area contributed by atoms with E-state index in [1.54, 1.807) is 6.07 Å². The second-order valence-corrected chi connectivity index (χ2v) is 5.10. The topological polar surface area (TPSA) is 68.0 Å². The Balaban J connectivity index is 1.65. The van der Waals surface area contributed by atoms with Gasteiger partial charge in [0.2, 0.25) is 0 Å². The first-order chi connectivity index (χ1) is 10.3. The van der Waals surface area contributed by atoms with Gasteiger partial charge in [-0.25, -0.2) is 9.97 Å². The number of carbonyl (C=O) groups is 1. The smallest absolute Gasteiger partial charge is 0.292 e. The summed E-state index contributed by atoms with van der Waals surface area (Å²) in [6, 6.07) is 9.29. The van der Waals surface area contributed by atoms with Crippen LogP contribution >= 0.6 is 0 Å². The highest BCUT2D eigenvalue weighted by Gasteiger charge is 2.20. The molecule has 0 radical (unpaired) electrons. The first-order valence-electron chi connectivity index (χ1n) is 6.94. The Bertz CT molecular complexity index is 805. The third-order valence-corrected chi connectivity index (χ3v) is 3.76. The number of hydrogen-bond donors (Lipinski definition) is 1. The molecule has 0 aliphatic heterocycles. The lowest BCUT2D eigenvalue weighted by Gasteiger charge is -2.06. The van der Waals surface area contributed by atoms with E-state index in [1.165, 1.54) is 6.33 Å². The summed E-state index contributed by atoms with van der Waals surface area (Å²) in [4.78, 5) is 20.8. The molecule has 0 unspecified atom stereocenters. The fourth-order valence-corrected chi connectivity index (χ4v) is 2.73. The maximum Gasteiger partial charge on any atom is 0.292 e. The van der Waals surface area contributed by atoms with Crippen LogP contribution in [0.1, 0.15) is 28.2 Å². The van der Waals surface area contributed by atoms with Crippen molar-refractivity contribution in [3.05, 3.63) is 53.7 Å². The third kappa shape index (κ3) is 2.07.